The highest BCUT2D eigenvalue weighted by molar-refractivity contribution is 8.03. The lowest BCUT2D eigenvalue weighted by molar-refractivity contribution is -0.704. The third-order valence-corrected chi connectivity index (χ3v) is 11.8. The van der Waals surface area contributed by atoms with Gasteiger partial charge in [0.15, 0.2) is 0 Å². The van der Waals surface area contributed by atoms with Gasteiger partial charge < -0.3 is 24.4 Å². The van der Waals surface area contributed by atoms with Crippen LogP contribution >= 0.6 is 23.1 Å². The van der Waals surface area contributed by atoms with Gasteiger partial charge in [0.2, 0.25) is 10.7 Å². The Labute approximate surface area is 266 Å². The van der Waals surface area contributed by atoms with Crippen LogP contribution in [0, 0.1) is 24.7 Å². The lowest BCUT2D eigenvalue weighted by Gasteiger charge is -2.46. The summed E-state index contributed by atoms with van der Waals surface area (Å²) in [5.41, 5.74) is 0.254. The van der Waals surface area contributed by atoms with Crippen LogP contribution in [0.4, 0.5) is 4.79 Å². The summed E-state index contributed by atoms with van der Waals surface area (Å²) in [5.74, 6) is 0.447. The summed E-state index contributed by atoms with van der Waals surface area (Å²) >= 11 is 3.29. The van der Waals surface area contributed by atoms with Gasteiger partial charge in [-0.15, -0.1) is 11.8 Å². The van der Waals surface area contributed by atoms with Crippen molar-refractivity contribution < 1.29 is 33.5 Å². The Morgan fingerprint density at radius 3 is 2.64 bits per heavy atom. The molecule has 12 heteroatoms. The number of aliphatic hydroxyl groups excluding tert-OH is 1. The fraction of sp³-hybridized carbons (Fsp3) is 0.562. The second kappa shape index (κ2) is 12.4. The van der Waals surface area contributed by atoms with Gasteiger partial charge in [-0.25, -0.2) is 14.2 Å². The molecule has 2 saturated heterocycles. The number of thiazole rings is 1. The Morgan fingerprint density at radius 2 is 1.98 bits per heavy atom. The number of nitrogens with zero attached hydrogens (tertiary/aromatic N) is 4. The van der Waals surface area contributed by atoms with Crippen LogP contribution in [0.15, 0.2) is 48.3 Å². The molecule has 0 aromatic carbocycles. The van der Waals surface area contributed by atoms with Crippen LogP contribution in [0.3, 0.4) is 0 Å². The van der Waals surface area contributed by atoms with E-state index in [4.69, 9.17) is 9.47 Å². The van der Waals surface area contributed by atoms with Gasteiger partial charge in [0, 0.05) is 42.0 Å². The molecular formula is C32H41N4O6S2+. The van der Waals surface area contributed by atoms with Crippen LogP contribution < -0.4 is 4.57 Å². The molecule has 1 saturated carbocycles. The number of aliphatic hydroxyl groups is 1. The van der Waals surface area contributed by atoms with E-state index in [0.29, 0.717) is 19.4 Å². The number of fused-ring (bicyclic) bond motifs is 2. The van der Waals surface area contributed by atoms with Crippen molar-refractivity contribution in [2.45, 2.75) is 76.4 Å². The van der Waals surface area contributed by atoms with E-state index in [2.05, 4.69) is 41.4 Å². The highest BCUT2D eigenvalue weighted by atomic mass is 32.2. The summed E-state index contributed by atoms with van der Waals surface area (Å²) in [4.78, 5) is 46.0. The SMILES string of the molecule is C=CCOC(=O)C1=C(S[C@H]2C[C@@H](Cc3cn4c(C)[n+](CC5CC5)cc4s3)N(C(=O)OCC=C)C2)[C@H](C)[C@@H]2[C@@H]([C@@H](C)O)C(=O)N12. The Kier molecular flexibility index (Phi) is 8.69. The molecule has 6 atom stereocenters. The predicted octanol–water partition coefficient (Wildman–Crippen LogP) is 3.85. The number of rotatable bonds is 12. The van der Waals surface area contributed by atoms with E-state index in [1.165, 1.54) is 39.3 Å². The van der Waals surface area contributed by atoms with Crippen molar-refractivity contribution in [3.05, 3.63) is 59.0 Å². The maximum absolute atomic E-state index is 13.2. The van der Waals surface area contributed by atoms with E-state index in [-0.39, 0.29) is 54.2 Å². The Bertz CT molecular complexity index is 1520. The number of thioether (sulfide) groups is 1. The van der Waals surface area contributed by atoms with Gasteiger partial charge in [0.25, 0.3) is 5.82 Å². The van der Waals surface area contributed by atoms with Crippen LogP contribution in [0.2, 0.25) is 0 Å². The fourth-order valence-electron chi connectivity index (χ4n) is 6.86. The first-order valence-electron chi connectivity index (χ1n) is 15.4. The van der Waals surface area contributed by atoms with Gasteiger partial charge >= 0.3 is 12.1 Å². The zero-order chi connectivity index (χ0) is 31.3. The van der Waals surface area contributed by atoms with Gasteiger partial charge in [0.05, 0.1) is 29.5 Å². The molecule has 4 aliphatic rings. The average Bonchev–Trinajstić information content (AvgIpc) is 3.36. The fourth-order valence-corrected chi connectivity index (χ4v) is 9.58. The number of imidazole rings is 1. The van der Waals surface area contributed by atoms with E-state index < -0.39 is 18.0 Å². The number of aromatic nitrogens is 2. The molecular weight excluding hydrogens is 601 g/mol. The summed E-state index contributed by atoms with van der Waals surface area (Å²) in [5, 5.41) is 10.3. The van der Waals surface area contributed by atoms with E-state index in [9.17, 15) is 19.5 Å². The molecule has 3 fully saturated rings. The van der Waals surface area contributed by atoms with Crippen molar-refractivity contribution in [3.63, 3.8) is 0 Å². The van der Waals surface area contributed by atoms with E-state index >= 15 is 0 Å². The number of β-lactam (4-membered cyclic amide) rings is 1. The molecule has 236 valence electrons. The standard InChI is InChI=1S/C32H41N4O6S2/c1-6-10-41-31(39)28-29(18(3)27-26(19(4)37)30(38)36(27)28)44-24-13-22(35(16-24)32(40)42-11-7-2)12-23-15-34-20(5)33(14-21-8-9-21)17-25(34)43-23/h6-7,15,17-19,21-22,24,26-27,37H,1-2,8-14,16H2,3-5H3/q+1/t18-,19-,22-,24+,26-,27-/m1/s1. The van der Waals surface area contributed by atoms with Crippen molar-refractivity contribution in [2.24, 2.45) is 17.8 Å². The van der Waals surface area contributed by atoms with E-state index in [1.807, 2.05) is 6.92 Å². The van der Waals surface area contributed by atoms with Crippen molar-refractivity contribution >= 4 is 45.9 Å². The maximum Gasteiger partial charge on any atom is 0.410 e. The number of carbonyl (C=O) groups excluding carboxylic acids is 3. The Balaban J connectivity index is 1.24. The molecule has 2 aromatic heterocycles. The summed E-state index contributed by atoms with van der Waals surface area (Å²) in [7, 11) is 0. The summed E-state index contributed by atoms with van der Waals surface area (Å²) in [6.45, 7) is 14.7. The molecule has 5 heterocycles. The summed E-state index contributed by atoms with van der Waals surface area (Å²) in [6, 6.07) is -0.396. The molecule has 44 heavy (non-hydrogen) atoms. The van der Waals surface area contributed by atoms with Gasteiger partial charge in [0.1, 0.15) is 31.3 Å². The van der Waals surface area contributed by atoms with Crippen LogP contribution in [-0.4, -0.2) is 80.5 Å². The van der Waals surface area contributed by atoms with Crippen LogP contribution in [0.1, 0.15) is 43.8 Å². The van der Waals surface area contributed by atoms with Crippen LogP contribution in [0.25, 0.3) is 4.83 Å². The smallest absolute Gasteiger partial charge is 0.410 e. The first-order chi connectivity index (χ1) is 21.1. The average molecular weight is 642 g/mol. The lowest BCUT2D eigenvalue weighted by Crippen LogP contribution is -2.63. The van der Waals surface area contributed by atoms with E-state index in [0.717, 1.165) is 17.4 Å². The number of ether oxygens (including phenoxy) is 2. The Hall–Kier alpha value is -3.09. The van der Waals surface area contributed by atoms with Crippen molar-refractivity contribution in [2.75, 3.05) is 19.8 Å². The zero-order valence-corrected chi connectivity index (χ0v) is 27.1. The van der Waals surface area contributed by atoms with E-state index in [1.54, 1.807) is 41.0 Å². The van der Waals surface area contributed by atoms with Gasteiger partial charge in [-0.2, -0.15) is 4.40 Å². The molecule has 10 nitrogen and oxygen atoms in total. The number of hydrogen-bond acceptors (Lipinski definition) is 8. The lowest BCUT2D eigenvalue weighted by atomic mass is 9.79. The second-order valence-electron chi connectivity index (χ2n) is 12.4. The molecule has 0 unspecified atom stereocenters. The normalized spacial score (nSPS) is 27.0. The van der Waals surface area contributed by atoms with Gasteiger partial charge in [-0.05, 0) is 32.1 Å². The molecule has 1 N–H and O–H groups in total. The zero-order valence-electron chi connectivity index (χ0n) is 25.5. The van der Waals surface area contributed by atoms with Crippen LogP contribution in [0.5, 0.6) is 0 Å². The van der Waals surface area contributed by atoms with Crippen LogP contribution in [-0.2, 0) is 32.0 Å². The maximum atomic E-state index is 13.2. The van der Waals surface area contributed by atoms with Crippen molar-refractivity contribution in [1.29, 1.82) is 0 Å². The number of esters is 1. The minimum absolute atomic E-state index is 0.0249. The first kappa shape index (κ1) is 30.9. The second-order valence-corrected chi connectivity index (χ2v) is 14.9. The quantitative estimate of drug-likeness (QED) is 0.163. The molecule has 0 spiro atoms. The number of carbonyl (C=O) groups is 3. The molecule has 2 amide bonds. The molecule has 6 rings (SSSR count). The predicted molar refractivity (Wildman–Crippen MR) is 168 cm³/mol. The summed E-state index contributed by atoms with van der Waals surface area (Å²) < 4.78 is 15.5. The monoisotopic (exact) mass is 641 g/mol. The first-order valence-corrected chi connectivity index (χ1v) is 17.1. The molecule has 2 aromatic rings. The third kappa shape index (κ3) is 5.60. The number of amides is 2. The minimum Gasteiger partial charge on any atom is -0.457 e. The molecule has 0 radical (unpaired) electrons. The van der Waals surface area contributed by atoms with Crippen molar-refractivity contribution in [3.8, 4) is 0 Å². The number of likely N-dealkylation sites (tertiary alicyclic amines) is 1. The van der Waals surface area contributed by atoms with Gasteiger partial charge in [-0.1, -0.05) is 43.6 Å². The minimum atomic E-state index is -0.823. The highest BCUT2D eigenvalue weighted by Gasteiger charge is 2.60. The number of aryl methyl sites for hydroxylation is 1. The van der Waals surface area contributed by atoms with Crippen molar-refractivity contribution in [1.82, 2.24) is 14.2 Å². The topological polar surface area (TPSA) is 105 Å². The highest BCUT2D eigenvalue weighted by Crippen LogP contribution is 2.52. The summed E-state index contributed by atoms with van der Waals surface area (Å²) in [6.07, 6.45) is 10.3. The van der Waals surface area contributed by atoms with Gasteiger partial charge in [-0.3, -0.25) is 4.79 Å². The molecule has 0 bridgehead atoms. The molecule has 1 aliphatic carbocycles. The number of hydrogen-bond donors (Lipinski definition) is 1. The molecule has 3 aliphatic heterocycles. The third-order valence-electron chi connectivity index (χ3n) is 9.23. The Morgan fingerprint density at radius 1 is 1.25 bits per heavy atom. The largest absolute Gasteiger partial charge is 0.457 e.